The van der Waals surface area contributed by atoms with Crippen LogP contribution in [0.2, 0.25) is 0 Å². The van der Waals surface area contributed by atoms with E-state index in [0.29, 0.717) is 11.6 Å². The topological polar surface area (TPSA) is 64.1 Å². The van der Waals surface area contributed by atoms with Crippen LogP contribution in [0, 0.1) is 5.82 Å². The first-order valence-corrected chi connectivity index (χ1v) is 9.37. The molecule has 0 spiro atoms. The van der Waals surface area contributed by atoms with Gasteiger partial charge in [-0.15, -0.1) is 0 Å². The molecule has 0 aliphatic heterocycles. The molecule has 0 saturated carbocycles. The minimum absolute atomic E-state index is 0.159. The Bertz CT molecular complexity index is 1130. The first kappa shape index (κ1) is 19.3. The van der Waals surface area contributed by atoms with Gasteiger partial charge in [-0.25, -0.2) is 9.37 Å². The standard InChI is InChI=1S/C24H18FN3O2/c25-19-13-11-17(12-14-19)15-27-23(29)21-16-26-22(18-7-3-1-4-8-18)28-24(21)30-20-9-5-2-6-10-20/h1-14,16H,15H2,(H,27,29). The van der Waals surface area contributed by atoms with Crippen LogP contribution < -0.4 is 10.1 Å². The molecule has 30 heavy (non-hydrogen) atoms. The zero-order valence-electron chi connectivity index (χ0n) is 16.0. The summed E-state index contributed by atoms with van der Waals surface area (Å²) in [6.07, 6.45) is 1.45. The van der Waals surface area contributed by atoms with E-state index in [1.807, 2.05) is 48.5 Å². The average Bonchev–Trinajstić information content (AvgIpc) is 2.80. The van der Waals surface area contributed by atoms with Crippen molar-refractivity contribution in [2.24, 2.45) is 0 Å². The second-order valence-electron chi connectivity index (χ2n) is 6.50. The van der Waals surface area contributed by atoms with Gasteiger partial charge in [-0.05, 0) is 29.8 Å². The first-order valence-electron chi connectivity index (χ1n) is 9.37. The molecular formula is C24H18FN3O2. The normalized spacial score (nSPS) is 10.4. The maximum Gasteiger partial charge on any atom is 0.258 e. The molecule has 0 radical (unpaired) electrons. The van der Waals surface area contributed by atoms with Crippen LogP contribution in [0.1, 0.15) is 15.9 Å². The highest BCUT2D eigenvalue weighted by Crippen LogP contribution is 2.26. The Balaban J connectivity index is 1.61. The van der Waals surface area contributed by atoms with E-state index >= 15 is 0 Å². The van der Waals surface area contributed by atoms with Gasteiger partial charge in [0.25, 0.3) is 5.91 Å². The molecule has 5 nitrogen and oxygen atoms in total. The van der Waals surface area contributed by atoms with E-state index in [-0.39, 0.29) is 29.7 Å². The summed E-state index contributed by atoms with van der Waals surface area (Å²) in [5.74, 6) is 0.462. The fraction of sp³-hybridized carbons (Fsp3) is 0.0417. The smallest absolute Gasteiger partial charge is 0.258 e. The Morgan fingerprint density at radius 2 is 1.57 bits per heavy atom. The van der Waals surface area contributed by atoms with Gasteiger partial charge in [-0.1, -0.05) is 60.7 Å². The van der Waals surface area contributed by atoms with E-state index in [1.165, 1.54) is 18.3 Å². The number of nitrogens with one attached hydrogen (secondary N) is 1. The third kappa shape index (κ3) is 4.67. The molecule has 0 aliphatic rings. The van der Waals surface area contributed by atoms with E-state index in [1.54, 1.807) is 24.3 Å². The number of carbonyl (C=O) groups excluding carboxylic acids is 1. The van der Waals surface area contributed by atoms with Crippen LogP contribution >= 0.6 is 0 Å². The van der Waals surface area contributed by atoms with Crippen LogP contribution in [0.5, 0.6) is 11.6 Å². The number of benzene rings is 3. The van der Waals surface area contributed by atoms with E-state index in [2.05, 4.69) is 15.3 Å². The van der Waals surface area contributed by atoms with Crippen molar-refractivity contribution in [1.82, 2.24) is 15.3 Å². The number of nitrogens with zero attached hydrogens (tertiary/aromatic N) is 2. The summed E-state index contributed by atoms with van der Waals surface area (Å²) < 4.78 is 19.0. The van der Waals surface area contributed by atoms with Crippen molar-refractivity contribution >= 4 is 5.91 Å². The number of rotatable bonds is 6. The largest absolute Gasteiger partial charge is 0.438 e. The molecule has 1 N–H and O–H groups in total. The quantitative estimate of drug-likeness (QED) is 0.495. The van der Waals surface area contributed by atoms with Crippen molar-refractivity contribution in [3.63, 3.8) is 0 Å². The Morgan fingerprint density at radius 3 is 2.27 bits per heavy atom. The van der Waals surface area contributed by atoms with Gasteiger partial charge in [0.15, 0.2) is 5.82 Å². The highest BCUT2D eigenvalue weighted by molar-refractivity contribution is 5.96. The number of para-hydroxylation sites is 1. The third-order valence-electron chi connectivity index (χ3n) is 4.35. The molecule has 1 amide bonds. The minimum Gasteiger partial charge on any atom is -0.438 e. The van der Waals surface area contributed by atoms with Crippen molar-refractivity contribution in [2.45, 2.75) is 6.54 Å². The molecule has 148 valence electrons. The van der Waals surface area contributed by atoms with E-state index in [4.69, 9.17) is 4.74 Å². The second kappa shape index (κ2) is 8.96. The summed E-state index contributed by atoms with van der Waals surface area (Å²) in [5, 5.41) is 2.80. The van der Waals surface area contributed by atoms with Gasteiger partial charge in [-0.3, -0.25) is 4.79 Å². The number of hydrogen-bond donors (Lipinski definition) is 1. The van der Waals surface area contributed by atoms with Crippen LogP contribution in [-0.2, 0) is 6.54 Å². The molecule has 6 heteroatoms. The number of ether oxygens (including phenoxy) is 1. The summed E-state index contributed by atoms with van der Waals surface area (Å²) in [7, 11) is 0. The molecule has 1 heterocycles. The molecule has 4 aromatic rings. The summed E-state index contributed by atoms with van der Waals surface area (Å²) >= 11 is 0. The maximum absolute atomic E-state index is 13.1. The van der Waals surface area contributed by atoms with Crippen LogP contribution in [0.3, 0.4) is 0 Å². The van der Waals surface area contributed by atoms with Crippen LogP contribution in [0.15, 0.2) is 91.1 Å². The van der Waals surface area contributed by atoms with Gasteiger partial charge >= 0.3 is 0 Å². The maximum atomic E-state index is 13.1. The Hall–Kier alpha value is -4.06. The SMILES string of the molecule is O=C(NCc1ccc(F)cc1)c1cnc(-c2ccccc2)nc1Oc1ccccc1. The van der Waals surface area contributed by atoms with Gasteiger partial charge in [0.2, 0.25) is 5.88 Å². The summed E-state index contributed by atoms with van der Waals surface area (Å²) in [4.78, 5) is 21.6. The zero-order chi connectivity index (χ0) is 20.8. The van der Waals surface area contributed by atoms with Crippen molar-refractivity contribution in [1.29, 1.82) is 0 Å². The predicted molar refractivity (Wildman–Crippen MR) is 112 cm³/mol. The number of aromatic nitrogens is 2. The summed E-state index contributed by atoms with van der Waals surface area (Å²) in [6.45, 7) is 0.240. The van der Waals surface area contributed by atoms with Crippen molar-refractivity contribution in [3.8, 4) is 23.0 Å². The minimum atomic E-state index is -0.384. The number of hydrogen-bond acceptors (Lipinski definition) is 4. The molecule has 0 fully saturated rings. The van der Waals surface area contributed by atoms with Crippen LogP contribution in [-0.4, -0.2) is 15.9 Å². The lowest BCUT2D eigenvalue weighted by molar-refractivity contribution is 0.0947. The number of amides is 1. The average molecular weight is 399 g/mol. The number of carbonyl (C=O) groups is 1. The molecule has 0 aliphatic carbocycles. The van der Waals surface area contributed by atoms with Gasteiger partial charge in [-0.2, -0.15) is 4.98 Å². The molecule has 0 unspecified atom stereocenters. The highest BCUT2D eigenvalue weighted by Gasteiger charge is 2.17. The van der Waals surface area contributed by atoms with Crippen molar-refractivity contribution in [3.05, 3.63) is 108 Å². The van der Waals surface area contributed by atoms with E-state index in [9.17, 15) is 9.18 Å². The van der Waals surface area contributed by atoms with Gasteiger partial charge in [0, 0.05) is 18.3 Å². The Kier molecular flexibility index (Phi) is 5.75. The molecular weight excluding hydrogens is 381 g/mol. The van der Waals surface area contributed by atoms with Crippen LogP contribution in [0.25, 0.3) is 11.4 Å². The molecule has 4 rings (SSSR count). The lowest BCUT2D eigenvalue weighted by atomic mass is 10.2. The lowest BCUT2D eigenvalue weighted by Gasteiger charge is -2.12. The Labute approximate surface area is 173 Å². The van der Waals surface area contributed by atoms with Crippen LogP contribution in [0.4, 0.5) is 4.39 Å². The predicted octanol–water partition coefficient (Wildman–Crippen LogP) is 5.01. The summed E-state index contributed by atoms with van der Waals surface area (Å²) in [6, 6.07) is 24.5. The molecule has 0 bridgehead atoms. The molecule has 0 atom stereocenters. The van der Waals surface area contributed by atoms with Gasteiger partial charge in [0.05, 0.1) is 0 Å². The molecule has 3 aromatic carbocycles. The third-order valence-corrected chi connectivity index (χ3v) is 4.35. The molecule has 1 aromatic heterocycles. The zero-order valence-corrected chi connectivity index (χ0v) is 16.0. The fourth-order valence-electron chi connectivity index (χ4n) is 2.81. The van der Waals surface area contributed by atoms with E-state index < -0.39 is 0 Å². The van der Waals surface area contributed by atoms with Gasteiger partial charge in [0.1, 0.15) is 17.1 Å². The van der Waals surface area contributed by atoms with Gasteiger partial charge < -0.3 is 10.1 Å². The monoisotopic (exact) mass is 399 g/mol. The van der Waals surface area contributed by atoms with Crippen molar-refractivity contribution in [2.75, 3.05) is 0 Å². The fourth-order valence-corrected chi connectivity index (χ4v) is 2.81. The highest BCUT2D eigenvalue weighted by atomic mass is 19.1. The number of halogens is 1. The van der Waals surface area contributed by atoms with E-state index in [0.717, 1.165) is 11.1 Å². The van der Waals surface area contributed by atoms with Crippen molar-refractivity contribution < 1.29 is 13.9 Å². The Morgan fingerprint density at radius 1 is 0.900 bits per heavy atom. The molecule has 0 saturated heterocycles. The lowest BCUT2D eigenvalue weighted by Crippen LogP contribution is -2.24. The summed E-state index contributed by atoms with van der Waals surface area (Å²) in [5.41, 5.74) is 1.80. The first-order chi connectivity index (χ1) is 14.7. The second-order valence-corrected chi connectivity index (χ2v) is 6.50.